The maximum atomic E-state index is 12.1. The van der Waals surface area contributed by atoms with Crippen molar-refractivity contribution in [2.45, 2.75) is 13.5 Å². The van der Waals surface area contributed by atoms with Crippen molar-refractivity contribution in [3.63, 3.8) is 0 Å². The van der Waals surface area contributed by atoms with Gasteiger partial charge in [0.05, 0.1) is 20.8 Å². The lowest BCUT2D eigenvalue weighted by molar-refractivity contribution is 0.0526. The first-order chi connectivity index (χ1) is 11.6. The Bertz CT molecular complexity index is 703. The summed E-state index contributed by atoms with van der Waals surface area (Å²) in [5.41, 5.74) is 1.36. The zero-order valence-corrected chi connectivity index (χ0v) is 14.4. The van der Waals surface area contributed by atoms with E-state index in [0.717, 1.165) is 5.56 Å². The second-order valence-corrected chi connectivity index (χ2v) is 5.10. The highest BCUT2D eigenvalue weighted by atomic mass is 16.5. The van der Waals surface area contributed by atoms with Crippen molar-refractivity contribution in [2.75, 3.05) is 32.8 Å². The summed E-state index contributed by atoms with van der Waals surface area (Å²) in [6, 6.07) is 9.11. The van der Waals surface area contributed by atoms with Gasteiger partial charge in [0.15, 0.2) is 11.5 Å². The van der Waals surface area contributed by atoms with E-state index in [1.807, 2.05) is 30.1 Å². The van der Waals surface area contributed by atoms with Gasteiger partial charge < -0.3 is 19.1 Å². The summed E-state index contributed by atoms with van der Waals surface area (Å²) in [5.74, 6) is 1.50. The van der Waals surface area contributed by atoms with Crippen LogP contribution in [0.25, 0.3) is 0 Å². The average Bonchev–Trinajstić information content (AvgIpc) is 2.61. The van der Waals surface area contributed by atoms with Gasteiger partial charge in [0.1, 0.15) is 11.4 Å². The van der Waals surface area contributed by atoms with Crippen molar-refractivity contribution in [3.05, 3.63) is 47.7 Å². The Morgan fingerprint density at radius 3 is 2.62 bits per heavy atom. The van der Waals surface area contributed by atoms with Gasteiger partial charge in [-0.2, -0.15) is 0 Å². The lowest BCUT2D eigenvalue weighted by Crippen LogP contribution is -2.22. The Morgan fingerprint density at radius 2 is 1.96 bits per heavy atom. The van der Waals surface area contributed by atoms with E-state index in [2.05, 4.69) is 4.98 Å². The summed E-state index contributed by atoms with van der Waals surface area (Å²) in [5, 5.41) is 0. The maximum Gasteiger partial charge on any atom is 0.341 e. The molecule has 0 unspecified atom stereocenters. The molecule has 6 heteroatoms. The summed E-state index contributed by atoms with van der Waals surface area (Å²) in [7, 11) is 5.07. The SMILES string of the molecule is CCOC(=O)c1cccnc1N(C)Cc1cccc(OC)c1OC. The van der Waals surface area contributed by atoms with Crippen molar-refractivity contribution in [1.29, 1.82) is 0 Å². The summed E-state index contributed by atoms with van der Waals surface area (Å²) >= 11 is 0. The maximum absolute atomic E-state index is 12.1. The fourth-order valence-corrected chi connectivity index (χ4v) is 2.48. The smallest absolute Gasteiger partial charge is 0.341 e. The molecule has 0 atom stereocenters. The number of carbonyl (C=O) groups is 1. The first kappa shape index (κ1) is 17.6. The predicted octanol–water partition coefficient (Wildman–Crippen LogP) is 2.91. The molecule has 0 spiro atoms. The highest BCUT2D eigenvalue weighted by Gasteiger charge is 2.18. The van der Waals surface area contributed by atoms with Gasteiger partial charge in [0.25, 0.3) is 0 Å². The van der Waals surface area contributed by atoms with E-state index < -0.39 is 0 Å². The zero-order valence-electron chi connectivity index (χ0n) is 14.4. The standard InChI is InChI=1S/C18H22N2O4/c1-5-24-18(21)14-9-7-11-19-17(14)20(2)12-13-8-6-10-15(22-3)16(13)23-4/h6-11H,5,12H2,1-4H3. The minimum Gasteiger partial charge on any atom is -0.493 e. The van der Waals surface area contributed by atoms with Crippen LogP contribution < -0.4 is 14.4 Å². The number of methoxy groups -OCH3 is 2. The van der Waals surface area contributed by atoms with Crippen LogP contribution in [0.1, 0.15) is 22.8 Å². The second kappa shape index (κ2) is 8.19. The number of pyridine rings is 1. The van der Waals surface area contributed by atoms with Crippen molar-refractivity contribution in [2.24, 2.45) is 0 Å². The largest absolute Gasteiger partial charge is 0.493 e. The predicted molar refractivity (Wildman–Crippen MR) is 91.8 cm³/mol. The van der Waals surface area contributed by atoms with Crippen molar-refractivity contribution in [1.82, 2.24) is 4.98 Å². The minimum absolute atomic E-state index is 0.320. The van der Waals surface area contributed by atoms with E-state index in [4.69, 9.17) is 14.2 Å². The average molecular weight is 330 g/mol. The Balaban J connectivity index is 2.31. The Hall–Kier alpha value is -2.76. The lowest BCUT2D eigenvalue weighted by Gasteiger charge is -2.22. The molecule has 2 rings (SSSR count). The van der Waals surface area contributed by atoms with Crippen LogP contribution in [0, 0.1) is 0 Å². The lowest BCUT2D eigenvalue weighted by atomic mass is 10.1. The van der Waals surface area contributed by atoms with Crippen LogP contribution in [0.5, 0.6) is 11.5 Å². The third kappa shape index (κ3) is 3.76. The number of benzene rings is 1. The molecular weight excluding hydrogens is 308 g/mol. The molecule has 0 aliphatic rings. The molecule has 128 valence electrons. The molecule has 6 nitrogen and oxygen atoms in total. The molecule has 24 heavy (non-hydrogen) atoms. The number of carbonyl (C=O) groups excluding carboxylic acids is 1. The molecule has 1 heterocycles. The van der Waals surface area contributed by atoms with E-state index in [1.54, 1.807) is 39.5 Å². The van der Waals surface area contributed by atoms with Crippen LogP contribution >= 0.6 is 0 Å². The zero-order chi connectivity index (χ0) is 17.5. The molecule has 1 aromatic heterocycles. The van der Waals surface area contributed by atoms with Crippen molar-refractivity contribution >= 4 is 11.8 Å². The van der Waals surface area contributed by atoms with E-state index in [1.165, 1.54) is 0 Å². The van der Waals surface area contributed by atoms with Gasteiger partial charge in [-0.25, -0.2) is 9.78 Å². The first-order valence-electron chi connectivity index (χ1n) is 7.65. The summed E-state index contributed by atoms with van der Waals surface area (Å²) < 4.78 is 15.9. The highest BCUT2D eigenvalue weighted by Crippen LogP contribution is 2.32. The normalized spacial score (nSPS) is 10.2. The molecule has 1 aromatic carbocycles. The molecule has 0 bridgehead atoms. The second-order valence-electron chi connectivity index (χ2n) is 5.10. The van der Waals surface area contributed by atoms with E-state index >= 15 is 0 Å². The number of nitrogens with zero attached hydrogens (tertiary/aromatic N) is 2. The summed E-state index contributed by atoms with van der Waals surface area (Å²) in [6.07, 6.45) is 1.65. The van der Waals surface area contributed by atoms with Gasteiger partial charge in [-0.1, -0.05) is 12.1 Å². The Labute approximate surface area is 142 Å². The van der Waals surface area contributed by atoms with Crippen molar-refractivity contribution in [3.8, 4) is 11.5 Å². The molecule has 0 fully saturated rings. The number of rotatable bonds is 7. The number of ether oxygens (including phenoxy) is 3. The molecule has 0 saturated heterocycles. The molecule has 0 radical (unpaired) electrons. The van der Waals surface area contributed by atoms with Crippen LogP contribution in [-0.2, 0) is 11.3 Å². The molecule has 2 aromatic rings. The quantitative estimate of drug-likeness (QED) is 0.728. The first-order valence-corrected chi connectivity index (χ1v) is 7.65. The Morgan fingerprint density at radius 1 is 1.17 bits per heavy atom. The van der Waals surface area contributed by atoms with Crippen LogP contribution in [-0.4, -0.2) is 38.8 Å². The summed E-state index contributed by atoms with van der Waals surface area (Å²) in [4.78, 5) is 18.3. The number of anilines is 1. The van der Waals surface area contributed by atoms with E-state index in [9.17, 15) is 4.79 Å². The number of esters is 1. The van der Waals surface area contributed by atoms with Crippen LogP contribution in [0.2, 0.25) is 0 Å². The highest BCUT2D eigenvalue weighted by molar-refractivity contribution is 5.94. The van der Waals surface area contributed by atoms with E-state index in [-0.39, 0.29) is 5.97 Å². The fourth-order valence-electron chi connectivity index (χ4n) is 2.48. The number of hydrogen-bond donors (Lipinski definition) is 0. The third-order valence-electron chi connectivity index (χ3n) is 3.54. The van der Waals surface area contributed by atoms with Gasteiger partial charge in [-0.15, -0.1) is 0 Å². The Kier molecular flexibility index (Phi) is 6.01. The molecular formula is C18H22N2O4. The minimum atomic E-state index is -0.384. The van der Waals surface area contributed by atoms with Gasteiger partial charge >= 0.3 is 5.97 Å². The van der Waals surface area contributed by atoms with Crippen molar-refractivity contribution < 1.29 is 19.0 Å². The topological polar surface area (TPSA) is 60.9 Å². The van der Waals surface area contributed by atoms with Crippen LogP contribution in [0.4, 0.5) is 5.82 Å². The van der Waals surface area contributed by atoms with Crippen LogP contribution in [0.3, 0.4) is 0 Å². The number of aromatic nitrogens is 1. The molecule has 0 aliphatic carbocycles. The van der Waals surface area contributed by atoms with E-state index in [0.29, 0.717) is 36.0 Å². The molecule has 0 saturated carbocycles. The van der Waals surface area contributed by atoms with Crippen LogP contribution in [0.15, 0.2) is 36.5 Å². The molecule has 0 aliphatic heterocycles. The number of para-hydroxylation sites is 1. The summed E-state index contributed by atoms with van der Waals surface area (Å²) in [6.45, 7) is 2.60. The van der Waals surface area contributed by atoms with Gasteiger partial charge in [0, 0.05) is 25.4 Å². The fraction of sp³-hybridized carbons (Fsp3) is 0.333. The molecule has 0 N–H and O–H groups in total. The van der Waals surface area contributed by atoms with Gasteiger partial charge in [0.2, 0.25) is 0 Å². The van der Waals surface area contributed by atoms with Gasteiger partial charge in [-0.3, -0.25) is 0 Å². The molecule has 0 amide bonds. The monoisotopic (exact) mass is 330 g/mol. The third-order valence-corrected chi connectivity index (χ3v) is 3.54. The number of hydrogen-bond acceptors (Lipinski definition) is 6. The van der Waals surface area contributed by atoms with Gasteiger partial charge in [-0.05, 0) is 25.1 Å².